The monoisotopic (exact) mass is 287 g/mol. The summed E-state index contributed by atoms with van der Waals surface area (Å²) in [5.41, 5.74) is 0.349. The van der Waals surface area contributed by atoms with Crippen LogP contribution < -0.4 is 0 Å². The summed E-state index contributed by atoms with van der Waals surface area (Å²) in [6.45, 7) is 2.68. The second-order valence-electron chi connectivity index (χ2n) is 6.42. The van der Waals surface area contributed by atoms with Crippen molar-refractivity contribution < 1.29 is 12.9 Å². The van der Waals surface area contributed by atoms with Crippen molar-refractivity contribution >= 4 is 11.4 Å². The Kier molecular flexibility index (Phi) is 5.85. The Morgan fingerprint density at radius 1 is 1.21 bits per heavy atom. The van der Waals surface area contributed by atoms with E-state index in [2.05, 4.69) is 6.92 Å². The maximum atomic E-state index is 10.8. The third kappa shape index (κ3) is 3.79. The van der Waals surface area contributed by atoms with E-state index >= 15 is 0 Å². The highest BCUT2D eigenvalue weighted by molar-refractivity contribution is 7.74. The molecule has 0 aliphatic heterocycles. The second-order valence-corrected chi connectivity index (χ2v) is 7.06. The Labute approximate surface area is 120 Å². The van der Waals surface area contributed by atoms with Gasteiger partial charge < -0.3 is 8.74 Å². The van der Waals surface area contributed by atoms with Gasteiger partial charge in [0.25, 0.3) is 0 Å². The first-order chi connectivity index (χ1) is 9.18. The summed E-state index contributed by atoms with van der Waals surface area (Å²) >= 11 is -2.36. The standard InChI is InChI=1S/C15H28O3S/c1-2-15(10-6-7-11-15)14(12-18-19(16)17)13-8-4-3-5-9-13/h13-14H,2-12H2,1H3,(H,16,17)/p-1. The van der Waals surface area contributed by atoms with Crippen molar-refractivity contribution in [2.24, 2.45) is 17.3 Å². The van der Waals surface area contributed by atoms with Gasteiger partial charge in [-0.15, -0.1) is 0 Å². The van der Waals surface area contributed by atoms with Gasteiger partial charge in [0.2, 0.25) is 0 Å². The van der Waals surface area contributed by atoms with Crippen LogP contribution in [0.3, 0.4) is 0 Å². The minimum absolute atomic E-state index is 0.349. The van der Waals surface area contributed by atoms with Crippen molar-refractivity contribution in [2.45, 2.75) is 71.1 Å². The summed E-state index contributed by atoms with van der Waals surface area (Å²) in [6, 6.07) is 0. The molecule has 3 nitrogen and oxygen atoms in total. The van der Waals surface area contributed by atoms with E-state index in [1.54, 1.807) is 0 Å². The summed E-state index contributed by atoms with van der Waals surface area (Å²) in [5, 5.41) is 0. The van der Waals surface area contributed by atoms with E-state index in [-0.39, 0.29) is 0 Å². The SMILES string of the molecule is CCC1(C(COS(=O)[O-])C2CCCCC2)CCCC1. The molecule has 0 N–H and O–H groups in total. The van der Waals surface area contributed by atoms with E-state index in [0.717, 1.165) is 0 Å². The predicted molar refractivity (Wildman–Crippen MR) is 76.1 cm³/mol. The number of hydrogen-bond acceptors (Lipinski definition) is 3. The Morgan fingerprint density at radius 3 is 2.37 bits per heavy atom. The Balaban J connectivity index is 2.09. The summed E-state index contributed by atoms with van der Waals surface area (Å²) < 4.78 is 26.6. The molecule has 0 aromatic heterocycles. The molecular formula is C15H27O3S-. The zero-order valence-electron chi connectivity index (χ0n) is 12.1. The second kappa shape index (κ2) is 7.19. The summed E-state index contributed by atoms with van der Waals surface area (Å²) in [5.74, 6) is 1.12. The Morgan fingerprint density at radius 2 is 1.84 bits per heavy atom. The quantitative estimate of drug-likeness (QED) is 0.695. The largest absolute Gasteiger partial charge is 0.750 e. The van der Waals surface area contributed by atoms with Crippen LogP contribution in [-0.2, 0) is 15.5 Å². The van der Waals surface area contributed by atoms with Crippen LogP contribution in [0.4, 0.5) is 0 Å². The van der Waals surface area contributed by atoms with Crippen LogP contribution in [0, 0.1) is 17.3 Å². The van der Waals surface area contributed by atoms with Gasteiger partial charge in [0.1, 0.15) is 0 Å². The molecule has 2 rings (SSSR count). The highest BCUT2D eigenvalue weighted by Crippen LogP contribution is 2.52. The lowest BCUT2D eigenvalue weighted by atomic mass is 9.64. The molecule has 2 saturated carbocycles. The zero-order valence-corrected chi connectivity index (χ0v) is 12.9. The van der Waals surface area contributed by atoms with Crippen LogP contribution in [0.15, 0.2) is 0 Å². The third-order valence-corrected chi connectivity index (χ3v) is 5.98. The lowest BCUT2D eigenvalue weighted by molar-refractivity contribution is 0.0359. The zero-order chi connectivity index (χ0) is 13.7. The highest BCUT2D eigenvalue weighted by Gasteiger charge is 2.43. The number of rotatable bonds is 6. The molecule has 19 heavy (non-hydrogen) atoms. The van der Waals surface area contributed by atoms with Crippen LogP contribution in [0.5, 0.6) is 0 Å². The Bertz CT molecular complexity index is 294. The van der Waals surface area contributed by atoms with Crippen LogP contribution >= 0.6 is 0 Å². The molecule has 0 aromatic carbocycles. The third-order valence-electron chi connectivity index (χ3n) is 5.65. The van der Waals surface area contributed by atoms with Crippen LogP contribution in [0.25, 0.3) is 0 Å². The summed E-state index contributed by atoms with van der Waals surface area (Å²) in [4.78, 5) is 0. The van der Waals surface area contributed by atoms with Crippen LogP contribution in [-0.4, -0.2) is 15.4 Å². The molecule has 2 aliphatic carbocycles. The van der Waals surface area contributed by atoms with Crippen molar-refractivity contribution in [3.63, 3.8) is 0 Å². The van der Waals surface area contributed by atoms with Crippen molar-refractivity contribution in [3.05, 3.63) is 0 Å². The molecule has 0 radical (unpaired) electrons. The van der Waals surface area contributed by atoms with E-state index in [1.807, 2.05) is 0 Å². The molecule has 0 saturated heterocycles. The van der Waals surface area contributed by atoms with E-state index < -0.39 is 11.4 Å². The van der Waals surface area contributed by atoms with Gasteiger partial charge in [-0.3, -0.25) is 0 Å². The average molecular weight is 287 g/mol. The molecule has 2 unspecified atom stereocenters. The molecule has 0 amide bonds. The van der Waals surface area contributed by atoms with Crippen LogP contribution in [0.2, 0.25) is 0 Å². The van der Waals surface area contributed by atoms with Crippen molar-refractivity contribution in [3.8, 4) is 0 Å². The average Bonchev–Trinajstić information content (AvgIpc) is 2.90. The molecule has 2 aliphatic rings. The van der Waals surface area contributed by atoms with E-state index in [1.165, 1.54) is 64.2 Å². The van der Waals surface area contributed by atoms with Gasteiger partial charge in [-0.25, -0.2) is 4.21 Å². The first kappa shape index (κ1) is 15.5. The molecule has 4 heteroatoms. The molecule has 112 valence electrons. The van der Waals surface area contributed by atoms with Gasteiger partial charge in [-0.1, -0.05) is 58.3 Å². The number of hydrogen-bond donors (Lipinski definition) is 0. The maximum Gasteiger partial charge on any atom is 0.0842 e. The van der Waals surface area contributed by atoms with Gasteiger partial charge in [-0.05, 0) is 30.1 Å². The van der Waals surface area contributed by atoms with Crippen LogP contribution in [0.1, 0.15) is 71.1 Å². The predicted octanol–water partition coefficient (Wildman–Crippen LogP) is 3.96. The first-order valence-electron chi connectivity index (χ1n) is 7.90. The van der Waals surface area contributed by atoms with E-state index in [9.17, 15) is 8.76 Å². The fourth-order valence-electron chi connectivity index (χ4n) is 4.54. The smallest absolute Gasteiger partial charge is 0.0842 e. The summed E-state index contributed by atoms with van der Waals surface area (Å²) in [7, 11) is 0. The summed E-state index contributed by atoms with van der Waals surface area (Å²) in [6.07, 6.45) is 12.8. The molecule has 0 bridgehead atoms. The van der Waals surface area contributed by atoms with Gasteiger partial charge in [-0.2, -0.15) is 0 Å². The lowest BCUT2D eigenvalue weighted by Gasteiger charge is -2.43. The van der Waals surface area contributed by atoms with E-state index in [0.29, 0.717) is 23.9 Å². The fourth-order valence-corrected chi connectivity index (χ4v) is 4.80. The fraction of sp³-hybridized carbons (Fsp3) is 1.00. The molecular weight excluding hydrogens is 260 g/mol. The molecule has 2 fully saturated rings. The Hall–Kier alpha value is 0.0700. The minimum Gasteiger partial charge on any atom is -0.750 e. The lowest BCUT2D eigenvalue weighted by Crippen LogP contribution is -2.37. The van der Waals surface area contributed by atoms with Gasteiger partial charge in [0.15, 0.2) is 0 Å². The molecule has 0 aromatic rings. The minimum atomic E-state index is -2.36. The normalized spacial score (nSPS) is 27.3. The molecule has 0 heterocycles. The first-order valence-corrected chi connectivity index (χ1v) is 8.90. The van der Waals surface area contributed by atoms with Gasteiger partial charge in [0.05, 0.1) is 18.0 Å². The van der Waals surface area contributed by atoms with Gasteiger partial charge >= 0.3 is 0 Å². The van der Waals surface area contributed by atoms with E-state index in [4.69, 9.17) is 4.18 Å². The van der Waals surface area contributed by atoms with Crippen molar-refractivity contribution in [1.82, 2.24) is 0 Å². The highest BCUT2D eigenvalue weighted by atomic mass is 32.2. The molecule has 0 spiro atoms. The maximum absolute atomic E-state index is 10.8. The van der Waals surface area contributed by atoms with Crippen molar-refractivity contribution in [2.75, 3.05) is 6.61 Å². The van der Waals surface area contributed by atoms with Crippen molar-refractivity contribution in [1.29, 1.82) is 0 Å². The van der Waals surface area contributed by atoms with Gasteiger partial charge in [0, 0.05) is 0 Å². The topological polar surface area (TPSA) is 49.4 Å². The molecule has 2 atom stereocenters.